The van der Waals surface area contributed by atoms with Crippen LogP contribution in [-0.2, 0) is 0 Å². The Morgan fingerprint density at radius 3 is 1.71 bits per heavy atom. The van der Waals surface area contributed by atoms with Crippen LogP contribution in [0.25, 0.3) is 10.8 Å². The van der Waals surface area contributed by atoms with Gasteiger partial charge in [0, 0.05) is 27.9 Å². The molecular weight excluding hydrogens is 438 g/mol. The molecular formula is C27H19N7O. The van der Waals surface area contributed by atoms with Crippen molar-refractivity contribution in [1.29, 1.82) is 0 Å². The zero-order chi connectivity index (χ0) is 23.6. The number of ketones is 1. The Kier molecular flexibility index (Phi) is 5.08. The number of carbonyl (C=O) groups is 1. The third-order valence-electron chi connectivity index (χ3n) is 5.58. The lowest BCUT2D eigenvalue weighted by molar-refractivity contribution is 0.107. The van der Waals surface area contributed by atoms with Crippen LogP contribution in [0, 0.1) is 0 Å². The molecule has 0 atom stereocenters. The van der Waals surface area contributed by atoms with Crippen molar-refractivity contribution in [1.82, 2.24) is 15.0 Å². The van der Waals surface area contributed by atoms with Crippen LogP contribution in [0.15, 0.2) is 102 Å². The van der Waals surface area contributed by atoms with Gasteiger partial charge in [-0.25, -0.2) is 5.43 Å². The largest absolute Gasteiger partial charge is 0.324 e. The molecule has 6 rings (SSSR count). The van der Waals surface area contributed by atoms with Gasteiger partial charge >= 0.3 is 0 Å². The van der Waals surface area contributed by atoms with Crippen molar-refractivity contribution in [3.63, 3.8) is 0 Å². The van der Waals surface area contributed by atoms with E-state index in [0.717, 1.165) is 27.7 Å². The Morgan fingerprint density at radius 2 is 1.11 bits per heavy atom. The van der Waals surface area contributed by atoms with E-state index in [2.05, 4.69) is 36.1 Å². The van der Waals surface area contributed by atoms with Gasteiger partial charge in [-0.1, -0.05) is 72.8 Å². The van der Waals surface area contributed by atoms with Crippen LogP contribution >= 0.6 is 0 Å². The minimum atomic E-state index is -0.136. The maximum absolute atomic E-state index is 13.1. The Hall–Kier alpha value is -5.11. The minimum Gasteiger partial charge on any atom is -0.324 e. The van der Waals surface area contributed by atoms with Gasteiger partial charge in [-0.15, -0.1) is 0 Å². The second kappa shape index (κ2) is 8.68. The average Bonchev–Trinajstić information content (AvgIpc) is 3.16. The number of anilines is 5. The molecule has 1 aromatic heterocycles. The molecule has 3 N–H and O–H groups in total. The zero-order valence-electron chi connectivity index (χ0n) is 18.4. The minimum absolute atomic E-state index is 0.136. The maximum Gasteiger partial charge on any atom is 0.250 e. The predicted octanol–water partition coefficient (Wildman–Crippen LogP) is 5.52. The summed E-state index contributed by atoms with van der Waals surface area (Å²) in [5, 5.41) is 12.7. The molecule has 0 saturated heterocycles. The lowest BCUT2D eigenvalue weighted by atomic mass is 10.1. The van der Waals surface area contributed by atoms with E-state index < -0.39 is 0 Å². The molecule has 0 unspecified atom stereocenters. The number of benzene rings is 4. The van der Waals surface area contributed by atoms with Gasteiger partial charge in [0.2, 0.25) is 23.6 Å². The Balaban J connectivity index is 1.35. The van der Waals surface area contributed by atoms with Crippen molar-refractivity contribution in [2.24, 2.45) is 5.10 Å². The number of Topliss-reactive ketones (excluding diaryl/α,β-unsaturated/α-hetero) is 1. The van der Waals surface area contributed by atoms with E-state index >= 15 is 0 Å². The van der Waals surface area contributed by atoms with Crippen LogP contribution in [-0.4, -0.2) is 26.4 Å². The van der Waals surface area contributed by atoms with Gasteiger partial charge in [0.25, 0.3) is 0 Å². The average molecular weight is 457 g/mol. The van der Waals surface area contributed by atoms with Gasteiger partial charge < -0.3 is 10.6 Å². The Bertz CT molecular complexity index is 1520. The maximum atomic E-state index is 13.1. The number of hydrazone groups is 1. The molecule has 0 bridgehead atoms. The van der Waals surface area contributed by atoms with Crippen molar-refractivity contribution in [3.8, 4) is 0 Å². The second-order valence-electron chi connectivity index (χ2n) is 7.90. The summed E-state index contributed by atoms with van der Waals surface area (Å²) in [6.45, 7) is 0. The summed E-state index contributed by atoms with van der Waals surface area (Å²) >= 11 is 0. The van der Waals surface area contributed by atoms with Crippen LogP contribution in [0.1, 0.15) is 15.9 Å². The van der Waals surface area contributed by atoms with E-state index in [1.54, 1.807) is 0 Å². The molecule has 0 amide bonds. The third kappa shape index (κ3) is 4.04. The standard InChI is InChI=1S/C27H19N7O/c35-24-21-16-8-10-17-9-7-15-20(22(17)21)23(24)33-34-27-31-25(28-18-11-3-1-4-12-18)30-26(32-27)29-19-13-5-2-6-14-19/h1-16H,(H3,28,29,30,31,32,34)/b33-23+. The highest BCUT2D eigenvalue weighted by Crippen LogP contribution is 2.31. The molecule has 5 aromatic rings. The van der Waals surface area contributed by atoms with E-state index in [0.29, 0.717) is 23.2 Å². The fraction of sp³-hybridized carbons (Fsp3) is 0. The number of hydrogen-bond acceptors (Lipinski definition) is 8. The first-order valence-corrected chi connectivity index (χ1v) is 11.1. The number of hydrogen-bond donors (Lipinski definition) is 3. The topological polar surface area (TPSA) is 104 Å². The van der Waals surface area contributed by atoms with Crippen LogP contribution in [0.2, 0.25) is 0 Å². The van der Waals surface area contributed by atoms with Crippen molar-refractivity contribution in [3.05, 3.63) is 108 Å². The van der Waals surface area contributed by atoms with Crippen LogP contribution in [0.5, 0.6) is 0 Å². The number of para-hydroxylation sites is 2. The monoisotopic (exact) mass is 457 g/mol. The van der Waals surface area contributed by atoms with E-state index in [1.807, 2.05) is 97.1 Å². The van der Waals surface area contributed by atoms with Crippen LogP contribution in [0.4, 0.5) is 29.2 Å². The summed E-state index contributed by atoms with van der Waals surface area (Å²) < 4.78 is 0. The summed E-state index contributed by atoms with van der Waals surface area (Å²) in [6.07, 6.45) is 0. The van der Waals surface area contributed by atoms with Crippen molar-refractivity contribution in [2.45, 2.75) is 0 Å². The first-order valence-electron chi connectivity index (χ1n) is 11.1. The number of carbonyl (C=O) groups excluding carboxylic acids is 1. The molecule has 0 saturated carbocycles. The Labute approximate surface area is 200 Å². The molecule has 1 aliphatic rings. The number of aromatic nitrogens is 3. The molecule has 0 radical (unpaired) electrons. The SMILES string of the molecule is O=C1/C(=N/Nc2nc(Nc3ccccc3)nc(Nc3ccccc3)n2)c2cccc3cccc1c23. The highest BCUT2D eigenvalue weighted by atomic mass is 16.1. The number of nitrogens with one attached hydrogen (secondary N) is 3. The van der Waals surface area contributed by atoms with Gasteiger partial charge in [-0.2, -0.15) is 20.1 Å². The first-order chi connectivity index (χ1) is 17.2. The van der Waals surface area contributed by atoms with Gasteiger partial charge in [0.1, 0.15) is 5.71 Å². The summed E-state index contributed by atoms with van der Waals surface area (Å²) in [5.74, 6) is 0.717. The molecule has 4 aromatic carbocycles. The molecule has 35 heavy (non-hydrogen) atoms. The predicted molar refractivity (Wildman–Crippen MR) is 138 cm³/mol. The lowest BCUT2D eigenvalue weighted by Gasteiger charge is -2.10. The molecule has 0 spiro atoms. The molecule has 8 nitrogen and oxygen atoms in total. The summed E-state index contributed by atoms with van der Waals surface area (Å²) in [4.78, 5) is 26.5. The smallest absolute Gasteiger partial charge is 0.250 e. The summed E-state index contributed by atoms with van der Waals surface area (Å²) in [6, 6.07) is 30.7. The lowest BCUT2D eigenvalue weighted by Crippen LogP contribution is -2.13. The van der Waals surface area contributed by atoms with Gasteiger partial charge in [-0.05, 0) is 29.7 Å². The first kappa shape index (κ1) is 20.5. The van der Waals surface area contributed by atoms with Crippen molar-refractivity contribution >= 4 is 51.5 Å². The molecule has 0 aliphatic heterocycles. The van der Waals surface area contributed by atoms with Crippen LogP contribution < -0.4 is 16.1 Å². The third-order valence-corrected chi connectivity index (χ3v) is 5.58. The van der Waals surface area contributed by atoms with Gasteiger partial charge in [-0.3, -0.25) is 4.79 Å². The number of rotatable bonds is 6. The van der Waals surface area contributed by atoms with Crippen molar-refractivity contribution < 1.29 is 4.79 Å². The van der Waals surface area contributed by atoms with E-state index in [4.69, 9.17) is 0 Å². The summed E-state index contributed by atoms with van der Waals surface area (Å²) in [7, 11) is 0. The van der Waals surface area contributed by atoms with Gasteiger partial charge in [0.05, 0.1) is 0 Å². The number of nitrogens with zero attached hydrogens (tertiary/aromatic N) is 4. The molecule has 1 heterocycles. The van der Waals surface area contributed by atoms with E-state index in [9.17, 15) is 4.79 Å². The molecule has 8 heteroatoms. The van der Waals surface area contributed by atoms with Gasteiger partial charge in [0.15, 0.2) is 0 Å². The van der Waals surface area contributed by atoms with Crippen LogP contribution in [0.3, 0.4) is 0 Å². The highest BCUT2D eigenvalue weighted by Gasteiger charge is 2.28. The van der Waals surface area contributed by atoms with E-state index in [-0.39, 0.29) is 11.7 Å². The highest BCUT2D eigenvalue weighted by molar-refractivity contribution is 6.59. The molecule has 1 aliphatic carbocycles. The molecule has 168 valence electrons. The zero-order valence-corrected chi connectivity index (χ0v) is 18.4. The normalized spacial score (nSPS) is 13.3. The van der Waals surface area contributed by atoms with E-state index in [1.165, 1.54) is 0 Å². The Morgan fingerprint density at radius 1 is 0.571 bits per heavy atom. The quantitative estimate of drug-likeness (QED) is 0.288. The molecule has 0 fully saturated rings. The van der Waals surface area contributed by atoms with Crippen molar-refractivity contribution in [2.75, 3.05) is 16.1 Å². The fourth-order valence-electron chi connectivity index (χ4n) is 4.03. The fourth-order valence-corrected chi connectivity index (χ4v) is 4.03. The second-order valence-corrected chi connectivity index (χ2v) is 7.90. The summed E-state index contributed by atoms with van der Waals surface area (Å²) in [5.41, 5.74) is 6.29.